The van der Waals surface area contributed by atoms with Crippen molar-refractivity contribution in [1.29, 1.82) is 0 Å². The van der Waals surface area contributed by atoms with Crippen LogP contribution in [0.1, 0.15) is 253 Å². The van der Waals surface area contributed by atoms with E-state index >= 15 is 0 Å². The summed E-state index contributed by atoms with van der Waals surface area (Å²) in [6.45, 7) is 13.4. The van der Waals surface area contributed by atoms with E-state index in [1.807, 2.05) is 13.8 Å². The number of rotatable bonds is 41. The first kappa shape index (κ1) is 59.3. The zero-order chi connectivity index (χ0) is 44.7. The molecule has 0 saturated heterocycles. The molecule has 0 bridgehead atoms. The van der Waals surface area contributed by atoms with E-state index in [0.717, 1.165) is 25.7 Å². The van der Waals surface area contributed by atoms with Gasteiger partial charge in [0.2, 0.25) is 29.1 Å². The van der Waals surface area contributed by atoms with Gasteiger partial charge in [-0.2, -0.15) is 34.1 Å². The quantitative estimate of drug-likeness (QED) is 0.0154. The minimum atomic E-state index is -2.48. The minimum Gasteiger partial charge on any atom is -0.206 e. The lowest BCUT2D eigenvalue weighted by atomic mass is 9.17. The Morgan fingerprint density at radius 2 is 0.650 bits per heavy atom. The van der Waals surface area contributed by atoms with E-state index in [-0.39, 0.29) is 18.2 Å². The Balaban J connectivity index is 0.00000129. The standard InChI is InChI=1S/C36H76B.C16H21F6P/c1-5-9-13-17-21-25-29-33-37(34-30-26-22-18-14-10-6-2,35-31-27-23-19-15-11-7-3)36-32-28-24-20-16-12-8-4;1-3-5-6-10(4-2)7-8-23(9-17)16-14(21)12(19)11(18)13(20)15(16)22/h5-36H2,1-4H3;10H,3-9H2,1-2H3/q-1;/p+1. The first-order valence-electron chi connectivity index (χ1n) is 26.3. The van der Waals surface area contributed by atoms with Gasteiger partial charge in [0.15, 0.2) is 11.7 Å². The molecule has 1 aromatic carbocycles. The first-order valence-corrected chi connectivity index (χ1v) is 28.2. The second-order valence-corrected chi connectivity index (χ2v) is 21.5. The number of hydrogen-bond donors (Lipinski definition) is 0. The molecular formula is C52H98BF6P. The SMILES string of the molecule is CCCCC(CC)CC[PH+](CF)c1c(F)c(F)c(F)c(F)c1F.CCCCCCCCC[B-](CCCCCCCCC)(CCCCCCCCC)CCCCCCCCC. The van der Waals surface area contributed by atoms with Gasteiger partial charge in [-0.1, -0.05) is 247 Å². The van der Waals surface area contributed by atoms with Crippen LogP contribution >= 0.6 is 7.92 Å². The van der Waals surface area contributed by atoms with Crippen molar-refractivity contribution >= 4 is 19.4 Å². The highest BCUT2D eigenvalue weighted by Crippen LogP contribution is 2.41. The molecule has 0 aliphatic rings. The molecule has 0 fully saturated rings. The Labute approximate surface area is 370 Å². The van der Waals surface area contributed by atoms with Gasteiger partial charge < -0.3 is 0 Å². The summed E-state index contributed by atoms with van der Waals surface area (Å²) in [5.41, 5.74) is 0. The number of hydrogen-bond acceptors (Lipinski definition) is 0. The molecule has 8 heteroatoms. The average molecular weight is 879 g/mol. The van der Waals surface area contributed by atoms with Gasteiger partial charge in [0.1, 0.15) is 0 Å². The van der Waals surface area contributed by atoms with Crippen LogP contribution in [-0.4, -0.2) is 18.7 Å². The highest BCUT2D eigenvalue weighted by Gasteiger charge is 2.36. The molecule has 356 valence electrons. The second-order valence-electron chi connectivity index (χ2n) is 19.0. The molecule has 2 atom stereocenters. The third-order valence-electron chi connectivity index (χ3n) is 13.8. The topological polar surface area (TPSA) is 0 Å². The molecular weight excluding hydrogens is 780 g/mol. The molecule has 1 rings (SSSR count). The molecule has 0 aromatic heterocycles. The molecule has 0 spiro atoms. The third kappa shape index (κ3) is 28.2. The summed E-state index contributed by atoms with van der Waals surface area (Å²) in [4.78, 5) is 0. The number of unbranched alkanes of at least 4 members (excludes halogenated alkanes) is 25. The smallest absolute Gasteiger partial charge is 0.206 e. The second kappa shape index (κ2) is 41.0. The maximum absolute atomic E-state index is 13.8. The predicted octanol–water partition coefficient (Wildman–Crippen LogP) is 20.2. The summed E-state index contributed by atoms with van der Waals surface area (Å²) in [5, 5.41) is -0.931. The van der Waals surface area contributed by atoms with E-state index in [1.165, 1.54) is 180 Å². The van der Waals surface area contributed by atoms with E-state index in [0.29, 0.717) is 6.42 Å². The Hall–Kier alpha value is -0.705. The molecule has 60 heavy (non-hydrogen) atoms. The van der Waals surface area contributed by atoms with E-state index in [4.69, 9.17) is 0 Å². The van der Waals surface area contributed by atoms with Crippen LogP contribution in [0.25, 0.3) is 0 Å². The van der Waals surface area contributed by atoms with Gasteiger partial charge in [0.05, 0.1) is 14.1 Å². The highest BCUT2D eigenvalue weighted by molar-refractivity contribution is 7.65. The Morgan fingerprint density at radius 3 is 0.933 bits per heavy atom. The monoisotopic (exact) mass is 879 g/mol. The van der Waals surface area contributed by atoms with Crippen molar-refractivity contribution in [3.05, 3.63) is 29.1 Å². The van der Waals surface area contributed by atoms with Gasteiger partial charge in [-0.3, -0.25) is 0 Å². The van der Waals surface area contributed by atoms with Gasteiger partial charge in [-0.15, -0.1) is 0 Å². The summed E-state index contributed by atoms with van der Waals surface area (Å²) in [6.07, 6.45) is 51.0. The molecule has 0 nitrogen and oxygen atoms in total. The first-order chi connectivity index (χ1) is 29.1. The normalized spacial score (nSPS) is 12.8. The van der Waals surface area contributed by atoms with Crippen molar-refractivity contribution in [2.24, 2.45) is 5.92 Å². The maximum Gasteiger partial charge on any atom is 0.206 e. The van der Waals surface area contributed by atoms with Gasteiger partial charge in [0, 0.05) is 6.15 Å². The molecule has 0 radical (unpaired) electrons. The summed E-state index contributed by atoms with van der Waals surface area (Å²) in [6, 6.07) is 0. The fourth-order valence-corrected chi connectivity index (χ4v) is 11.7. The van der Waals surface area contributed by atoms with Gasteiger partial charge in [-0.25, -0.2) is 17.6 Å². The van der Waals surface area contributed by atoms with Crippen molar-refractivity contribution in [3.63, 3.8) is 0 Å². The number of alkyl halides is 1. The van der Waals surface area contributed by atoms with Crippen LogP contribution in [0.15, 0.2) is 0 Å². The zero-order valence-electron chi connectivity index (χ0n) is 40.5. The van der Waals surface area contributed by atoms with E-state index < -0.39 is 48.7 Å². The minimum absolute atomic E-state index is 0.120. The molecule has 0 amide bonds. The van der Waals surface area contributed by atoms with Crippen LogP contribution in [0.4, 0.5) is 26.3 Å². The van der Waals surface area contributed by atoms with Crippen LogP contribution < -0.4 is 5.30 Å². The molecule has 0 aliphatic heterocycles. The van der Waals surface area contributed by atoms with Crippen LogP contribution in [0, 0.1) is 35.0 Å². The maximum atomic E-state index is 13.8. The lowest BCUT2D eigenvalue weighted by Gasteiger charge is -2.41. The largest absolute Gasteiger partial charge is 0.206 e. The van der Waals surface area contributed by atoms with Crippen molar-refractivity contribution in [2.45, 2.75) is 279 Å². The van der Waals surface area contributed by atoms with E-state index in [2.05, 4.69) is 27.7 Å². The van der Waals surface area contributed by atoms with Gasteiger partial charge in [0.25, 0.3) is 0 Å². The zero-order valence-corrected chi connectivity index (χ0v) is 41.5. The van der Waals surface area contributed by atoms with Crippen molar-refractivity contribution in [2.75, 3.05) is 12.6 Å². The van der Waals surface area contributed by atoms with E-state index in [1.54, 1.807) is 25.3 Å². The van der Waals surface area contributed by atoms with Crippen molar-refractivity contribution in [3.8, 4) is 0 Å². The molecule has 2 unspecified atom stereocenters. The molecule has 0 saturated carbocycles. The van der Waals surface area contributed by atoms with Crippen molar-refractivity contribution in [1.82, 2.24) is 0 Å². The lowest BCUT2D eigenvalue weighted by molar-refractivity contribution is 0.384. The van der Waals surface area contributed by atoms with Crippen LogP contribution in [0.2, 0.25) is 25.3 Å². The van der Waals surface area contributed by atoms with Crippen LogP contribution in [0.3, 0.4) is 0 Å². The lowest BCUT2D eigenvalue weighted by Crippen LogP contribution is -2.34. The Morgan fingerprint density at radius 1 is 0.367 bits per heavy atom. The molecule has 0 aliphatic carbocycles. The molecule has 0 N–H and O–H groups in total. The summed E-state index contributed by atoms with van der Waals surface area (Å²) < 4.78 is 80.4. The van der Waals surface area contributed by atoms with Crippen molar-refractivity contribution < 1.29 is 26.3 Å². The summed E-state index contributed by atoms with van der Waals surface area (Å²) in [7, 11) is -2.48. The van der Waals surface area contributed by atoms with E-state index in [9.17, 15) is 26.3 Å². The average Bonchev–Trinajstić information content (AvgIpc) is 3.26. The third-order valence-corrected chi connectivity index (χ3v) is 16.2. The Bertz CT molecular complexity index is 996. The number of benzene rings is 1. The molecule has 0 heterocycles. The molecule has 1 aromatic rings. The van der Waals surface area contributed by atoms with Gasteiger partial charge in [-0.05, 0) is 12.3 Å². The summed E-state index contributed by atoms with van der Waals surface area (Å²) >= 11 is 0. The van der Waals surface area contributed by atoms with Crippen LogP contribution in [-0.2, 0) is 0 Å². The predicted molar refractivity (Wildman–Crippen MR) is 260 cm³/mol. The summed E-state index contributed by atoms with van der Waals surface area (Å²) in [5.74, 6) is -9.66. The highest BCUT2D eigenvalue weighted by atomic mass is 31.1. The fourth-order valence-electron chi connectivity index (χ4n) is 9.60. The fraction of sp³-hybridized carbons (Fsp3) is 0.885. The van der Waals surface area contributed by atoms with Gasteiger partial charge >= 0.3 is 0 Å². The Kier molecular flexibility index (Phi) is 40.5. The van der Waals surface area contributed by atoms with Crippen LogP contribution in [0.5, 0.6) is 0 Å². The number of halogens is 6.